The fourth-order valence-corrected chi connectivity index (χ4v) is 1.37. The van der Waals surface area contributed by atoms with Crippen molar-refractivity contribution in [3.63, 3.8) is 0 Å². The number of hydrogen-bond donors (Lipinski definition) is 2. The van der Waals surface area contributed by atoms with Crippen molar-refractivity contribution in [1.82, 2.24) is 4.90 Å². The molecule has 0 aliphatic heterocycles. The highest BCUT2D eigenvalue weighted by atomic mass is 16.3. The van der Waals surface area contributed by atoms with Crippen LogP contribution < -0.4 is 5.73 Å². The second-order valence-corrected chi connectivity index (χ2v) is 4.57. The predicted octanol–water partition coefficient (Wildman–Crippen LogP) is 1.21. The monoisotopic (exact) mass is 202 g/mol. The van der Waals surface area contributed by atoms with Crippen LogP contribution in [0.25, 0.3) is 0 Å². The maximum Gasteiger partial charge on any atom is 0.0608 e. The SMILES string of the molecule is CCCCN(C)CCCC(C)(N)CO. The lowest BCUT2D eigenvalue weighted by Crippen LogP contribution is -2.40. The molecule has 14 heavy (non-hydrogen) atoms. The molecular formula is C11H26N2O. The van der Waals surface area contributed by atoms with E-state index in [9.17, 15) is 0 Å². The van der Waals surface area contributed by atoms with E-state index in [1.54, 1.807) is 0 Å². The number of aliphatic hydroxyl groups excluding tert-OH is 1. The Morgan fingerprint density at radius 2 is 1.86 bits per heavy atom. The zero-order valence-corrected chi connectivity index (χ0v) is 9.92. The lowest BCUT2D eigenvalue weighted by atomic mass is 9.98. The standard InChI is InChI=1S/C11H26N2O/c1-4-5-8-13(3)9-6-7-11(2,12)10-14/h14H,4-10,12H2,1-3H3. The van der Waals surface area contributed by atoms with Gasteiger partial charge in [-0.05, 0) is 46.3 Å². The van der Waals surface area contributed by atoms with E-state index in [1.807, 2.05) is 6.92 Å². The first-order chi connectivity index (χ1) is 6.52. The summed E-state index contributed by atoms with van der Waals surface area (Å²) in [5, 5.41) is 8.96. The minimum absolute atomic E-state index is 0.0751. The molecule has 3 N–H and O–H groups in total. The van der Waals surface area contributed by atoms with Crippen molar-refractivity contribution in [2.45, 2.75) is 45.1 Å². The Kier molecular flexibility index (Phi) is 7.15. The lowest BCUT2D eigenvalue weighted by Gasteiger charge is -2.23. The van der Waals surface area contributed by atoms with Gasteiger partial charge in [-0.15, -0.1) is 0 Å². The molecule has 0 aromatic heterocycles. The first-order valence-corrected chi connectivity index (χ1v) is 5.60. The van der Waals surface area contributed by atoms with Crippen molar-refractivity contribution < 1.29 is 5.11 Å². The number of rotatable bonds is 8. The Balaban J connectivity index is 3.43. The highest BCUT2D eigenvalue weighted by molar-refractivity contribution is 4.77. The molecule has 0 aliphatic rings. The summed E-state index contributed by atoms with van der Waals surface area (Å²) >= 11 is 0. The van der Waals surface area contributed by atoms with Crippen molar-refractivity contribution in [2.24, 2.45) is 5.73 Å². The quantitative estimate of drug-likeness (QED) is 0.622. The third-order valence-electron chi connectivity index (χ3n) is 2.54. The summed E-state index contributed by atoms with van der Waals surface area (Å²) in [7, 11) is 2.14. The molecule has 0 bridgehead atoms. The Hall–Kier alpha value is -0.120. The van der Waals surface area contributed by atoms with Crippen LogP contribution in [-0.2, 0) is 0 Å². The normalized spacial score (nSPS) is 15.9. The van der Waals surface area contributed by atoms with Gasteiger partial charge >= 0.3 is 0 Å². The van der Waals surface area contributed by atoms with Crippen LogP contribution >= 0.6 is 0 Å². The van der Waals surface area contributed by atoms with E-state index in [4.69, 9.17) is 10.8 Å². The summed E-state index contributed by atoms with van der Waals surface area (Å²) in [6.07, 6.45) is 4.46. The van der Waals surface area contributed by atoms with Crippen LogP contribution in [-0.4, -0.2) is 42.3 Å². The number of nitrogens with zero attached hydrogens (tertiary/aromatic N) is 1. The minimum Gasteiger partial charge on any atom is -0.394 e. The van der Waals surface area contributed by atoms with Gasteiger partial charge in [0.25, 0.3) is 0 Å². The van der Waals surface area contributed by atoms with E-state index in [0.717, 1.165) is 25.9 Å². The molecule has 0 heterocycles. The van der Waals surface area contributed by atoms with Crippen molar-refractivity contribution in [1.29, 1.82) is 0 Å². The van der Waals surface area contributed by atoms with Gasteiger partial charge in [-0.2, -0.15) is 0 Å². The number of hydrogen-bond acceptors (Lipinski definition) is 3. The van der Waals surface area contributed by atoms with Crippen LogP contribution in [0.4, 0.5) is 0 Å². The zero-order valence-electron chi connectivity index (χ0n) is 9.92. The third kappa shape index (κ3) is 7.30. The van der Waals surface area contributed by atoms with Gasteiger partial charge in [0.1, 0.15) is 0 Å². The molecule has 3 heteroatoms. The minimum atomic E-state index is -0.397. The molecule has 3 nitrogen and oxygen atoms in total. The average Bonchev–Trinajstić information content (AvgIpc) is 2.14. The van der Waals surface area contributed by atoms with Gasteiger partial charge in [0.15, 0.2) is 0 Å². The molecule has 0 amide bonds. The molecule has 0 radical (unpaired) electrons. The smallest absolute Gasteiger partial charge is 0.0608 e. The summed E-state index contributed by atoms with van der Waals surface area (Å²) < 4.78 is 0. The van der Waals surface area contributed by atoms with E-state index in [0.29, 0.717) is 0 Å². The van der Waals surface area contributed by atoms with Crippen molar-refractivity contribution in [3.05, 3.63) is 0 Å². The first-order valence-electron chi connectivity index (χ1n) is 5.60. The van der Waals surface area contributed by atoms with Crippen LogP contribution in [0.2, 0.25) is 0 Å². The van der Waals surface area contributed by atoms with Gasteiger partial charge in [0.05, 0.1) is 6.61 Å². The molecule has 0 aliphatic carbocycles. The van der Waals surface area contributed by atoms with Crippen molar-refractivity contribution in [3.8, 4) is 0 Å². The van der Waals surface area contributed by atoms with Crippen LogP contribution in [0.3, 0.4) is 0 Å². The molecular weight excluding hydrogens is 176 g/mol. The Bertz CT molecular complexity index is 137. The van der Waals surface area contributed by atoms with Gasteiger partial charge < -0.3 is 15.7 Å². The second-order valence-electron chi connectivity index (χ2n) is 4.57. The molecule has 0 spiro atoms. The molecule has 0 aromatic rings. The third-order valence-corrected chi connectivity index (χ3v) is 2.54. The second kappa shape index (κ2) is 7.21. The van der Waals surface area contributed by atoms with Gasteiger partial charge in [0.2, 0.25) is 0 Å². The summed E-state index contributed by atoms with van der Waals surface area (Å²) in [6.45, 7) is 6.42. The molecule has 0 saturated carbocycles. The largest absolute Gasteiger partial charge is 0.394 e. The summed E-state index contributed by atoms with van der Waals surface area (Å²) in [5.41, 5.74) is 5.44. The highest BCUT2D eigenvalue weighted by Crippen LogP contribution is 2.08. The van der Waals surface area contributed by atoms with Gasteiger partial charge in [0, 0.05) is 5.54 Å². The topological polar surface area (TPSA) is 49.5 Å². The molecule has 0 aromatic carbocycles. The Labute approximate surface area is 88.3 Å². The number of unbranched alkanes of at least 4 members (excludes halogenated alkanes) is 1. The van der Waals surface area contributed by atoms with E-state index in [1.165, 1.54) is 12.8 Å². The zero-order chi connectivity index (χ0) is 11.0. The van der Waals surface area contributed by atoms with Gasteiger partial charge in [-0.25, -0.2) is 0 Å². The highest BCUT2D eigenvalue weighted by Gasteiger charge is 2.16. The molecule has 1 atom stereocenters. The number of aliphatic hydroxyl groups is 1. The van der Waals surface area contributed by atoms with E-state index in [-0.39, 0.29) is 6.61 Å². The summed E-state index contributed by atoms with van der Waals surface area (Å²) in [6, 6.07) is 0. The maximum absolute atomic E-state index is 8.96. The summed E-state index contributed by atoms with van der Waals surface area (Å²) in [4.78, 5) is 2.33. The van der Waals surface area contributed by atoms with Crippen LogP contribution in [0.1, 0.15) is 39.5 Å². The average molecular weight is 202 g/mol. The van der Waals surface area contributed by atoms with E-state index >= 15 is 0 Å². The molecule has 86 valence electrons. The lowest BCUT2D eigenvalue weighted by molar-refractivity contribution is 0.192. The molecule has 0 saturated heterocycles. The van der Waals surface area contributed by atoms with E-state index < -0.39 is 5.54 Å². The van der Waals surface area contributed by atoms with Crippen molar-refractivity contribution in [2.75, 3.05) is 26.7 Å². The predicted molar refractivity (Wildman–Crippen MR) is 61.3 cm³/mol. The van der Waals surface area contributed by atoms with Crippen LogP contribution in [0.5, 0.6) is 0 Å². The Morgan fingerprint density at radius 1 is 1.29 bits per heavy atom. The van der Waals surface area contributed by atoms with Crippen LogP contribution in [0.15, 0.2) is 0 Å². The molecule has 0 rings (SSSR count). The van der Waals surface area contributed by atoms with Crippen LogP contribution in [0, 0.1) is 0 Å². The molecule has 1 unspecified atom stereocenters. The Morgan fingerprint density at radius 3 is 2.36 bits per heavy atom. The fourth-order valence-electron chi connectivity index (χ4n) is 1.37. The first kappa shape index (κ1) is 13.9. The fraction of sp³-hybridized carbons (Fsp3) is 1.00. The number of nitrogens with two attached hydrogens (primary N) is 1. The summed E-state index contributed by atoms with van der Waals surface area (Å²) in [5.74, 6) is 0. The van der Waals surface area contributed by atoms with Gasteiger partial charge in [-0.3, -0.25) is 0 Å². The molecule has 0 fully saturated rings. The maximum atomic E-state index is 8.96. The van der Waals surface area contributed by atoms with E-state index in [2.05, 4.69) is 18.9 Å². The van der Waals surface area contributed by atoms with Gasteiger partial charge in [-0.1, -0.05) is 13.3 Å². The van der Waals surface area contributed by atoms with Crippen molar-refractivity contribution >= 4 is 0 Å².